The summed E-state index contributed by atoms with van der Waals surface area (Å²) < 4.78 is 25.1. The van der Waals surface area contributed by atoms with Crippen molar-refractivity contribution >= 4 is 27.5 Å². The first-order valence-corrected chi connectivity index (χ1v) is 7.11. The Balaban J connectivity index is 2.46. The molecule has 1 unspecified atom stereocenters. The quantitative estimate of drug-likeness (QED) is 0.720. The molecular weight excluding hydrogens is 347 g/mol. The molecule has 0 amide bonds. The van der Waals surface area contributed by atoms with Crippen molar-refractivity contribution in [2.24, 2.45) is 0 Å². The maximum Gasteiger partial charge on any atom is 0.133 e. The molecule has 0 saturated carbocycles. The number of halogens is 3. The van der Waals surface area contributed by atoms with Gasteiger partial charge in [-0.2, -0.15) is 0 Å². The summed E-state index contributed by atoms with van der Waals surface area (Å²) in [5.74, 6) is 0.728. The topological polar surface area (TPSA) is 18.5 Å². The Kier molecular flexibility index (Phi) is 4.89. The van der Waals surface area contributed by atoms with Crippen LogP contribution in [-0.2, 0) is 0 Å². The fourth-order valence-electron chi connectivity index (χ4n) is 1.95. The van der Waals surface area contributed by atoms with E-state index in [-0.39, 0.29) is 0 Å². The van der Waals surface area contributed by atoms with Gasteiger partial charge in [0.2, 0.25) is 0 Å². The van der Waals surface area contributed by atoms with Crippen LogP contribution in [0.5, 0.6) is 11.5 Å². The third kappa shape index (κ3) is 2.91. The number of benzene rings is 2. The highest BCUT2D eigenvalue weighted by Crippen LogP contribution is 2.39. The molecule has 2 aromatic rings. The fourth-order valence-corrected chi connectivity index (χ4v) is 2.85. The standard InChI is InChI=1S/C15H13BrClFO2/c1-19-12-7-6-9(8-10(12)16)15(17)14-11(18)4-3-5-13(14)20-2/h3-8,15H,1-2H3. The van der Waals surface area contributed by atoms with E-state index in [1.54, 1.807) is 31.4 Å². The molecule has 0 aliphatic rings. The van der Waals surface area contributed by atoms with Crippen LogP contribution < -0.4 is 9.47 Å². The maximum atomic E-state index is 14.0. The SMILES string of the molecule is COc1ccc(C(Cl)c2c(F)cccc2OC)cc1Br. The zero-order chi connectivity index (χ0) is 14.7. The van der Waals surface area contributed by atoms with E-state index in [9.17, 15) is 4.39 Å². The van der Waals surface area contributed by atoms with Crippen LogP contribution in [0, 0.1) is 5.82 Å². The van der Waals surface area contributed by atoms with Crippen molar-refractivity contribution in [3.05, 3.63) is 57.8 Å². The van der Waals surface area contributed by atoms with E-state index in [2.05, 4.69) is 15.9 Å². The summed E-state index contributed by atoms with van der Waals surface area (Å²) in [5, 5.41) is -0.645. The minimum absolute atomic E-state index is 0.328. The van der Waals surface area contributed by atoms with Gasteiger partial charge in [0.05, 0.1) is 29.6 Å². The van der Waals surface area contributed by atoms with Crippen molar-refractivity contribution in [3.63, 3.8) is 0 Å². The van der Waals surface area contributed by atoms with Crippen LogP contribution in [0.2, 0.25) is 0 Å². The lowest BCUT2D eigenvalue weighted by Gasteiger charge is -2.16. The fraction of sp³-hybridized carbons (Fsp3) is 0.200. The van der Waals surface area contributed by atoms with Gasteiger partial charge in [0.1, 0.15) is 17.3 Å². The van der Waals surface area contributed by atoms with E-state index in [1.165, 1.54) is 13.2 Å². The van der Waals surface area contributed by atoms with E-state index in [1.807, 2.05) is 6.07 Å². The molecule has 0 radical (unpaired) electrons. The highest BCUT2D eigenvalue weighted by molar-refractivity contribution is 9.10. The molecule has 0 aromatic heterocycles. The van der Waals surface area contributed by atoms with Gasteiger partial charge >= 0.3 is 0 Å². The van der Waals surface area contributed by atoms with Crippen LogP contribution in [0.15, 0.2) is 40.9 Å². The number of hydrogen-bond donors (Lipinski definition) is 0. The Bertz CT molecular complexity index is 619. The molecule has 2 aromatic carbocycles. The van der Waals surface area contributed by atoms with Crippen molar-refractivity contribution in [2.75, 3.05) is 14.2 Å². The zero-order valence-corrected chi connectivity index (χ0v) is 13.3. The van der Waals surface area contributed by atoms with Crippen molar-refractivity contribution in [1.82, 2.24) is 0 Å². The van der Waals surface area contributed by atoms with Gasteiger partial charge in [-0.25, -0.2) is 4.39 Å². The first-order chi connectivity index (χ1) is 9.58. The number of ether oxygens (including phenoxy) is 2. The first-order valence-electron chi connectivity index (χ1n) is 5.88. The van der Waals surface area contributed by atoms with Crippen molar-refractivity contribution in [1.29, 1.82) is 0 Å². The van der Waals surface area contributed by atoms with Gasteiger partial charge in [-0.15, -0.1) is 11.6 Å². The molecule has 0 aliphatic carbocycles. The summed E-state index contributed by atoms with van der Waals surface area (Å²) in [6.45, 7) is 0. The normalized spacial score (nSPS) is 12.1. The molecule has 0 spiro atoms. The number of alkyl halides is 1. The van der Waals surface area contributed by atoms with E-state index < -0.39 is 11.2 Å². The molecule has 0 bridgehead atoms. The molecule has 2 nitrogen and oxygen atoms in total. The predicted molar refractivity (Wildman–Crippen MR) is 81.3 cm³/mol. The summed E-state index contributed by atoms with van der Waals surface area (Å²) in [4.78, 5) is 0. The molecule has 0 fully saturated rings. The summed E-state index contributed by atoms with van der Waals surface area (Å²) in [7, 11) is 3.07. The van der Waals surface area contributed by atoms with E-state index in [4.69, 9.17) is 21.1 Å². The minimum Gasteiger partial charge on any atom is -0.496 e. The van der Waals surface area contributed by atoms with Gasteiger partial charge in [0.15, 0.2) is 0 Å². The van der Waals surface area contributed by atoms with Crippen molar-refractivity contribution < 1.29 is 13.9 Å². The third-order valence-corrected chi connectivity index (χ3v) is 4.04. The second-order valence-corrected chi connectivity index (χ2v) is 5.40. The van der Waals surface area contributed by atoms with Crippen LogP contribution >= 0.6 is 27.5 Å². The maximum absolute atomic E-state index is 14.0. The monoisotopic (exact) mass is 358 g/mol. The molecule has 1 atom stereocenters. The van der Waals surface area contributed by atoms with Gasteiger partial charge in [0, 0.05) is 0 Å². The van der Waals surface area contributed by atoms with E-state index in [0.717, 1.165) is 10.0 Å². The van der Waals surface area contributed by atoms with Gasteiger partial charge in [-0.3, -0.25) is 0 Å². The second-order valence-electron chi connectivity index (χ2n) is 4.11. The molecular formula is C15H13BrClFO2. The Morgan fingerprint density at radius 2 is 1.80 bits per heavy atom. The summed E-state index contributed by atoms with van der Waals surface area (Å²) in [5.41, 5.74) is 1.08. The Hall–Kier alpha value is -1.26. The molecule has 20 heavy (non-hydrogen) atoms. The van der Waals surface area contributed by atoms with Crippen molar-refractivity contribution in [3.8, 4) is 11.5 Å². The predicted octanol–water partition coefficient (Wildman–Crippen LogP) is 4.93. The summed E-state index contributed by atoms with van der Waals surface area (Å²) in [6.07, 6.45) is 0. The molecule has 5 heteroatoms. The minimum atomic E-state index is -0.645. The highest BCUT2D eigenvalue weighted by atomic mass is 79.9. The lowest BCUT2D eigenvalue weighted by atomic mass is 10.0. The number of rotatable bonds is 4. The van der Waals surface area contributed by atoms with Crippen LogP contribution in [0.25, 0.3) is 0 Å². The van der Waals surface area contributed by atoms with E-state index >= 15 is 0 Å². The molecule has 0 aliphatic heterocycles. The van der Waals surface area contributed by atoms with Gasteiger partial charge in [-0.05, 0) is 45.8 Å². The van der Waals surface area contributed by atoms with Crippen LogP contribution in [-0.4, -0.2) is 14.2 Å². The third-order valence-electron chi connectivity index (χ3n) is 2.95. The van der Waals surface area contributed by atoms with Gasteiger partial charge < -0.3 is 9.47 Å². The number of methoxy groups -OCH3 is 2. The Morgan fingerprint density at radius 1 is 1.10 bits per heavy atom. The van der Waals surface area contributed by atoms with Crippen LogP contribution in [0.3, 0.4) is 0 Å². The average Bonchev–Trinajstić information content (AvgIpc) is 2.46. The van der Waals surface area contributed by atoms with Crippen molar-refractivity contribution in [2.45, 2.75) is 5.38 Å². The number of hydrogen-bond acceptors (Lipinski definition) is 2. The molecule has 0 saturated heterocycles. The zero-order valence-electron chi connectivity index (χ0n) is 11.0. The summed E-state index contributed by atoms with van der Waals surface area (Å²) in [6, 6.07) is 10.0. The smallest absolute Gasteiger partial charge is 0.133 e. The van der Waals surface area contributed by atoms with Gasteiger partial charge in [-0.1, -0.05) is 12.1 Å². The summed E-state index contributed by atoms with van der Waals surface area (Å²) >= 11 is 9.80. The molecule has 106 valence electrons. The average molecular weight is 360 g/mol. The lowest BCUT2D eigenvalue weighted by molar-refractivity contribution is 0.405. The lowest BCUT2D eigenvalue weighted by Crippen LogP contribution is -2.01. The van der Waals surface area contributed by atoms with Crippen LogP contribution in [0.1, 0.15) is 16.5 Å². The van der Waals surface area contributed by atoms with E-state index in [0.29, 0.717) is 17.1 Å². The Labute approximate surface area is 130 Å². The highest BCUT2D eigenvalue weighted by Gasteiger charge is 2.20. The first kappa shape index (κ1) is 15.1. The molecule has 0 heterocycles. The molecule has 0 N–H and O–H groups in total. The second kappa shape index (κ2) is 6.46. The Morgan fingerprint density at radius 3 is 2.40 bits per heavy atom. The largest absolute Gasteiger partial charge is 0.496 e. The van der Waals surface area contributed by atoms with Crippen LogP contribution in [0.4, 0.5) is 4.39 Å². The molecule has 2 rings (SSSR count). The van der Waals surface area contributed by atoms with Gasteiger partial charge in [0.25, 0.3) is 0 Å².